The highest BCUT2D eigenvalue weighted by Crippen LogP contribution is 2.44. The van der Waals surface area contributed by atoms with Gasteiger partial charge in [0, 0.05) is 30.6 Å². The number of hydrogen-bond donors (Lipinski definition) is 1. The van der Waals surface area contributed by atoms with Crippen LogP contribution in [0.15, 0.2) is 24.4 Å². The van der Waals surface area contributed by atoms with Gasteiger partial charge in [0.1, 0.15) is 0 Å². The van der Waals surface area contributed by atoms with Gasteiger partial charge >= 0.3 is 0 Å². The second-order valence-electron chi connectivity index (χ2n) is 4.96. The van der Waals surface area contributed by atoms with E-state index in [1.54, 1.807) is 11.3 Å². The summed E-state index contributed by atoms with van der Waals surface area (Å²) in [7, 11) is 2.06. The molecule has 1 aliphatic carbocycles. The van der Waals surface area contributed by atoms with Gasteiger partial charge in [0.05, 0.1) is 17.9 Å². The normalized spacial score (nSPS) is 14.6. The summed E-state index contributed by atoms with van der Waals surface area (Å²) in [6.07, 6.45) is 4.35. The molecule has 0 bridgehead atoms. The van der Waals surface area contributed by atoms with Crippen LogP contribution in [0.1, 0.15) is 35.0 Å². The van der Waals surface area contributed by atoms with E-state index in [2.05, 4.69) is 16.9 Å². The van der Waals surface area contributed by atoms with Crippen molar-refractivity contribution < 1.29 is 0 Å². The lowest BCUT2D eigenvalue weighted by Crippen LogP contribution is -2.16. The van der Waals surface area contributed by atoms with Crippen molar-refractivity contribution in [2.75, 3.05) is 11.9 Å². The molecule has 1 fully saturated rings. The van der Waals surface area contributed by atoms with Gasteiger partial charge in [0.25, 0.3) is 0 Å². The van der Waals surface area contributed by atoms with Gasteiger partial charge in [-0.25, -0.2) is 4.98 Å². The predicted molar refractivity (Wildman–Crippen MR) is 78.3 cm³/mol. The van der Waals surface area contributed by atoms with Crippen LogP contribution in [0, 0.1) is 0 Å². The number of nitrogens with two attached hydrogens (primary N) is 1. The van der Waals surface area contributed by atoms with Crippen LogP contribution < -0.4 is 10.6 Å². The summed E-state index contributed by atoms with van der Waals surface area (Å²) in [5.74, 6) is 0.659. The van der Waals surface area contributed by atoms with Gasteiger partial charge in [-0.05, 0) is 25.0 Å². The molecule has 2 heterocycles. The van der Waals surface area contributed by atoms with Gasteiger partial charge in [-0.3, -0.25) is 4.98 Å². The molecule has 0 spiro atoms. The summed E-state index contributed by atoms with van der Waals surface area (Å²) >= 11 is 1.72. The zero-order valence-electron chi connectivity index (χ0n) is 11.0. The first kappa shape index (κ1) is 12.6. The minimum Gasteiger partial charge on any atom is -0.345 e. The zero-order chi connectivity index (χ0) is 13.2. The summed E-state index contributed by atoms with van der Waals surface area (Å²) in [4.78, 5) is 12.5. The quantitative estimate of drug-likeness (QED) is 0.910. The van der Waals surface area contributed by atoms with Crippen molar-refractivity contribution >= 4 is 16.5 Å². The van der Waals surface area contributed by atoms with Gasteiger partial charge in [0.2, 0.25) is 0 Å². The first-order valence-electron chi connectivity index (χ1n) is 6.58. The predicted octanol–water partition coefficient (Wildman–Crippen LogP) is 2.51. The Morgan fingerprint density at radius 2 is 2.26 bits per heavy atom. The van der Waals surface area contributed by atoms with Gasteiger partial charge in [-0.15, -0.1) is 11.3 Å². The minimum atomic E-state index is 0.598. The van der Waals surface area contributed by atoms with Crippen LogP contribution in [0.3, 0.4) is 0 Å². The van der Waals surface area contributed by atoms with Crippen LogP contribution >= 0.6 is 11.3 Å². The fraction of sp³-hybridized carbons (Fsp3) is 0.429. The monoisotopic (exact) mass is 274 g/mol. The summed E-state index contributed by atoms with van der Waals surface area (Å²) in [6.45, 7) is 1.38. The maximum Gasteiger partial charge on any atom is 0.185 e. The van der Waals surface area contributed by atoms with E-state index in [-0.39, 0.29) is 0 Å². The lowest BCUT2D eigenvalue weighted by molar-refractivity contribution is 0.869. The van der Waals surface area contributed by atoms with E-state index in [9.17, 15) is 0 Å². The van der Waals surface area contributed by atoms with Crippen molar-refractivity contribution in [3.63, 3.8) is 0 Å². The van der Waals surface area contributed by atoms with E-state index in [4.69, 9.17) is 10.7 Å². The van der Waals surface area contributed by atoms with E-state index in [0.29, 0.717) is 12.5 Å². The Labute approximate surface area is 117 Å². The molecular weight excluding hydrogens is 256 g/mol. The number of anilines is 1. The molecule has 0 radical (unpaired) electrons. The van der Waals surface area contributed by atoms with Crippen molar-refractivity contribution in [2.24, 2.45) is 5.73 Å². The molecule has 0 unspecified atom stereocenters. The van der Waals surface area contributed by atoms with Crippen LogP contribution in [0.25, 0.3) is 0 Å². The van der Waals surface area contributed by atoms with Crippen molar-refractivity contribution in [3.05, 3.63) is 40.7 Å². The molecule has 2 aromatic heterocycles. The van der Waals surface area contributed by atoms with Crippen LogP contribution in [-0.4, -0.2) is 17.0 Å². The molecule has 3 rings (SSSR count). The van der Waals surface area contributed by atoms with Crippen LogP contribution in [0.4, 0.5) is 5.13 Å². The third-order valence-corrected chi connectivity index (χ3v) is 4.53. The van der Waals surface area contributed by atoms with Crippen LogP contribution in [-0.2, 0) is 13.1 Å². The average Bonchev–Trinajstić information content (AvgIpc) is 3.19. The molecule has 19 heavy (non-hydrogen) atoms. The van der Waals surface area contributed by atoms with E-state index in [1.165, 1.54) is 23.4 Å². The molecule has 0 atom stereocenters. The molecule has 4 nitrogen and oxygen atoms in total. The maximum atomic E-state index is 5.82. The fourth-order valence-electron chi connectivity index (χ4n) is 2.14. The third-order valence-electron chi connectivity index (χ3n) is 3.32. The molecule has 0 aromatic carbocycles. The van der Waals surface area contributed by atoms with E-state index in [1.807, 2.05) is 24.4 Å². The van der Waals surface area contributed by atoms with Crippen molar-refractivity contribution in [1.29, 1.82) is 0 Å². The Balaban J connectivity index is 1.77. The molecule has 0 amide bonds. The first-order valence-corrected chi connectivity index (χ1v) is 7.40. The second-order valence-corrected chi connectivity index (χ2v) is 6.02. The van der Waals surface area contributed by atoms with Crippen molar-refractivity contribution in [2.45, 2.75) is 31.8 Å². The number of aromatic nitrogens is 2. The standard InChI is InChI=1S/C14H18N4S/c1-18(9-11-4-2-3-7-16-11)14-17-13(10-5-6-10)12(8-15)19-14/h2-4,7,10H,5-6,8-9,15H2,1H3. The largest absolute Gasteiger partial charge is 0.345 e. The smallest absolute Gasteiger partial charge is 0.185 e. The highest BCUT2D eigenvalue weighted by atomic mass is 32.1. The number of nitrogens with zero attached hydrogens (tertiary/aromatic N) is 3. The molecule has 0 aliphatic heterocycles. The first-order chi connectivity index (χ1) is 9.28. The van der Waals surface area contributed by atoms with E-state index in [0.717, 1.165) is 17.4 Å². The van der Waals surface area contributed by atoms with Gasteiger partial charge in [0.15, 0.2) is 5.13 Å². The van der Waals surface area contributed by atoms with Crippen molar-refractivity contribution in [3.8, 4) is 0 Å². The Bertz CT molecular complexity index is 548. The number of pyridine rings is 1. The minimum absolute atomic E-state index is 0.598. The van der Waals surface area contributed by atoms with Gasteiger partial charge in [-0.2, -0.15) is 0 Å². The average molecular weight is 274 g/mol. The van der Waals surface area contributed by atoms with E-state index < -0.39 is 0 Å². The molecule has 0 saturated heterocycles. The van der Waals surface area contributed by atoms with E-state index >= 15 is 0 Å². The molecule has 2 aromatic rings. The lowest BCUT2D eigenvalue weighted by Gasteiger charge is -2.14. The number of thiazole rings is 1. The molecule has 1 aliphatic rings. The molecule has 1 saturated carbocycles. The molecule has 5 heteroatoms. The van der Waals surface area contributed by atoms with Crippen molar-refractivity contribution in [1.82, 2.24) is 9.97 Å². The van der Waals surface area contributed by atoms with Crippen LogP contribution in [0.2, 0.25) is 0 Å². The Hall–Kier alpha value is -1.46. The molecule has 100 valence electrons. The molecular formula is C14H18N4S. The Morgan fingerprint density at radius 1 is 1.42 bits per heavy atom. The van der Waals surface area contributed by atoms with Gasteiger partial charge < -0.3 is 10.6 Å². The third kappa shape index (κ3) is 2.77. The lowest BCUT2D eigenvalue weighted by atomic mass is 10.2. The highest BCUT2D eigenvalue weighted by Gasteiger charge is 2.29. The van der Waals surface area contributed by atoms with Gasteiger partial charge in [-0.1, -0.05) is 6.07 Å². The highest BCUT2D eigenvalue weighted by molar-refractivity contribution is 7.15. The number of hydrogen-bond acceptors (Lipinski definition) is 5. The topological polar surface area (TPSA) is 55.0 Å². The maximum absolute atomic E-state index is 5.82. The fourth-order valence-corrected chi connectivity index (χ4v) is 3.12. The Morgan fingerprint density at radius 3 is 2.89 bits per heavy atom. The summed E-state index contributed by atoms with van der Waals surface area (Å²) < 4.78 is 0. The van der Waals surface area contributed by atoms with Crippen LogP contribution in [0.5, 0.6) is 0 Å². The summed E-state index contributed by atoms with van der Waals surface area (Å²) in [5.41, 5.74) is 8.11. The second kappa shape index (κ2) is 5.27. The SMILES string of the molecule is CN(Cc1ccccn1)c1nc(C2CC2)c(CN)s1. The summed E-state index contributed by atoms with van der Waals surface area (Å²) in [5, 5.41) is 1.05. The molecule has 2 N–H and O–H groups in total. The Kier molecular flexibility index (Phi) is 3.48. The summed E-state index contributed by atoms with van der Waals surface area (Å²) in [6, 6.07) is 5.99. The number of rotatable bonds is 5. The zero-order valence-corrected chi connectivity index (χ0v) is 11.9.